The van der Waals surface area contributed by atoms with Crippen molar-refractivity contribution in [2.24, 2.45) is 11.8 Å². The van der Waals surface area contributed by atoms with E-state index in [-0.39, 0.29) is 0 Å². The van der Waals surface area contributed by atoms with Gasteiger partial charge in [0.2, 0.25) is 0 Å². The molecule has 0 fully saturated rings. The second-order valence-corrected chi connectivity index (χ2v) is 6.59. The van der Waals surface area contributed by atoms with Gasteiger partial charge in [0.05, 0.1) is 5.60 Å². The van der Waals surface area contributed by atoms with E-state index >= 15 is 0 Å². The molecule has 0 saturated carbocycles. The molecule has 2 heteroatoms. The third-order valence-electron chi connectivity index (χ3n) is 3.24. The zero-order valence-electron chi connectivity index (χ0n) is 13.0. The molecule has 19 heavy (non-hydrogen) atoms. The molecule has 2 nitrogen and oxygen atoms in total. The van der Waals surface area contributed by atoms with Crippen molar-refractivity contribution in [3.63, 3.8) is 0 Å². The van der Waals surface area contributed by atoms with E-state index in [1.807, 2.05) is 6.92 Å². The van der Waals surface area contributed by atoms with Gasteiger partial charge in [0, 0.05) is 6.54 Å². The molecule has 0 aromatic heterocycles. The molecule has 1 aromatic rings. The lowest BCUT2D eigenvalue weighted by molar-refractivity contribution is 0.0564. The van der Waals surface area contributed by atoms with E-state index in [0.29, 0.717) is 18.4 Å². The van der Waals surface area contributed by atoms with Crippen molar-refractivity contribution in [3.8, 4) is 0 Å². The fourth-order valence-corrected chi connectivity index (χ4v) is 2.18. The quantitative estimate of drug-likeness (QED) is 0.791. The van der Waals surface area contributed by atoms with E-state index in [1.165, 1.54) is 5.56 Å². The first kappa shape index (κ1) is 16.2. The highest BCUT2D eigenvalue weighted by atomic mass is 16.3. The van der Waals surface area contributed by atoms with Crippen molar-refractivity contribution < 1.29 is 5.11 Å². The summed E-state index contributed by atoms with van der Waals surface area (Å²) in [5, 5.41) is 13.8. The molecular weight excluding hydrogens is 234 g/mol. The van der Waals surface area contributed by atoms with Crippen molar-refractivity contribution >= 4 is 0 Å². The number of rotatable bonds is 7. The van der Waals surface area contributed by atoms with Gasteiger partial charge < -0.3 is 10.4 Å². The molecule has 0 spiro atoms. The van der Waals surface area contributed by atoms with Gasteiger partial charge in [-0.25, -0.2) is 0 Å². The standard InChI is InChI=1S/C17H29NO/c1-13(2)10-15-6-8-16(9-7-15)17(5,19)12-18-11-14(3)4/h6-9,13-14,18-19H,10-12H2,1-5H3. The fourth-order valence-electron chi connectivity index (χ4n) is 2.18. The normalized spacial score (nSPS) is 14.9. The molecule has 108 valence electrons. The van der Waals surface area contributed by atoms with Crippen molar-refractivity contribution in [2.45, 2.75) is 46.6 Å². The molecule has 1 unspecified atom stereocenters. The molecule has 2 N–H and O–H groups in total. The summed E-state index contributed by atoms with van der Waals surface area (Å²) in [5.41, 5.74) is 1.52. The summed E-state index contributed by atoms with van der Waals surface area (Å²) in [6.45, 7) is 12.2. The van der Waals surface area contributed by atoms with Crippen molar-refractivity contribution in [3.05, 3.63) is 35.4 Å². The van der Waals surface area contributed by atoms with Crippen LogP contribution in [0, 0.1) is 11.8 Å². The highest BCUT2D eigenvalue weighted by Crippen LogP contribution is 2.21. The molecule has 0 aliphatic rings. The number of aliphatic hydroxyl groups is 1. The smallest absolute Gasteiger partial charge is 0.0992 e. The van der Waals surface area contributed by atoms with Crippen LogP contribution in [0.3, 0.4) is 0 Å². The summed E-state index contributed by atoms with van der Waals surface area (Å²) in [5.74, 6) is 1.27. The number of hydrogen-bond acceptors (Lipinski definition) is 2. The summed E-state index contributed by atoms with van der Waals surface area (Å²) in [7, 11) is 0. The van der Waals surface area contributed by atoms with E-state index in [2.05, 4.69) is 57.3 Å². The van der Waals surface area contributed by atoms with Crippen LogP contribution in [-0.4, -0.2) is 18.2 Å². The van der Waals surface area contributed by atoms with Gasteiger partial charge in [0.15, 0.2) is 0 Å². The predicted octanol–water partition coefficient (Wildman–Crippen LogP) is 3.34. The molecule has 0 amide bonds. The maximum absolute atomic E-state index is 10.5. The van der Waals surface area contributed by atoms with Gasteiger partial charge in [-0.2, -0.15) is 0 Å². The van der Waals surface area contributed by atoms with Crippen molar-refractivity contribution in [2.75, 3.05) is 13.1 Å². The summed E-state index contributed by atoms with van der Waals surface area (Å²) >= 11 is 0. The highest BCUT2D eigenvalue weighted by molar-refractivity contribution is 5.27. The Kier molecular flexibility index (Phi) is 6.02. The molecule has 1 aromatic carbocycles. The third-order valence-corrected chi connectivity index (χ3v) is 3.24. The van der Waals surface area contributed by atoms with E-state index < -0.39 is 5.60 Å². The molecule has 0 heterocycles. The van der Waals surface area contributed by atoms with E-state index in [9.17, 15) is 5.11 Å². The summed E-state index contributed by atoms with van der Waals surface area (Å²) in [4.78, 5) is 0. The van der Waals surface area contributed by atoms with E-state index in [0.717, 1.165) is 18.5 Å². The number of nitrogens with one attached hydrogen (secondary N) is 1. The maximum atomic E-state index is 10.5. The molecule has 1 atom stereocenters. The monoisotopic (exact) mass is 263 g/mol. The first-order valence-electron chi connectivity index (χ1n) is 7.34. The second-order valence-electron chi connectivity index (χ2n) is 6.59. The van der Waals surface area contributed by atoms with Gasteiger partial charge in [0.25, 0.3) is 0 Å². The Hall–Kier alpha value is -0.860. The fraction of sp³-hybridized carbons (Fsp3) is 0.647. The van der Waals surface area contributed by atoms with Crippen LogP contribution >= 0.6 is 0 Å². The van der Waals surface area contributed by atoms with Crippen LogP contribution in [0.1, 0.15) is 45.7 Å². The lowest BCUT2D eigenvalue weighted by atomic mass is 9.93. The van der Waals surface area contributed by atoms with Crippen LogP contribution in [0.5, 0.6) is 0 Å². The SMILES string of the molecule is CC(C)CNCC(C)(O)c1ccc(CC(C)C)cc1. The van der Waals surface area contributed by atoms with Gasteiger partial charge in [-0.1, -0.05) is 52.0 Å². The summed E-state index contributed by atoms with van der Waals surface area (Å²) in [6.07, 6.45) is 1.09. The average molecular weight is 263 g/mol. The van der Waals surface area contributed by atoms with Gasteiger partial charge in [-0.05, 0) is 42.9 Å². The molecule has 1 rings (SSSR count). The Balaban J connectivity index is 2.62. The zero-order valence-corrected chi connectivity index (χ0v) is 13.0. The minimum atomic E-state index is -0.800. The predicted molar refractivity (Wildman–Crippen MR) is 82.3 cm³/mol. The molecular formula is C17H29NO. The molecule has 0 aliphatic carbocycles. The lowest BCUT2D eigenvalue weighted by Gasteiger charge is -2.25. The summed E-state index contributed by atoms with van der Waals surface area (Å²) in [6, 6.07) is 8.36. The van der Waals surface area contributed by atoms with Crippen LogP contribution in [0.2, 0.25) is 0 Å². The Morgan fingerprint density at radius 3 is 2.11 bits per heavy atom. The Bertz CT molecular complexity index is 365. The first-order valence-corrected chi connectivity index (χ1v) is 7.34. The summed E-state index contributed by atoms with van der Waals surface area (Å²) < 4.78 is 0. The number of benzene rings is 1. The molecule has 0 radical (unpaired) electrons. The Labute approximate surface area is 118 Å². The maximum Gasteiger partial charge on any atom is 0.0992 e. The minimum Gasteiger partial charge on any atom is -0.384 e. The van der Waals surface area contributed by atoms with Gasteiger partial charge in [-0.3, -0.25) is 0 Å². The topological polar surface area (TPSA) is 32.3 Å². The number of hydrogen-bond donors (Lipinski definition) is 2. The second kappa shape index (κ2) is 7.06. The van der Waals surface area contributed by atoms with Crippen LogP contribution in [0.4, 0.5) is 0 Å². The molecule has 0 aliphatic heterocycles. The Morgan fingerprint density at radius 1 is 1.05 bits per heavy atom. The van der Waals surface area contributed by atoms with Crippen LogP contribution in [-0.2, 0) is 12.0 Å². The van der Waals surface area contributed by atoms with Crippen LogP contribution in [0.15, 0.2) is 24.3 Å². The Morgan fingerprint density at radius 2 is 1.63 bits per heavy atom. The first-order chi connectivity index (χ1) is 8.81. The third kappa shape index (κ3) is 5.75. The zero-order chi connectivity index (χ0) is 14.5. The van der Waals surface area contributed by atoms with Gasteiger partial charge in [0.1, 0.15) is 0 Å². The van der Waals surface area contributed by atoms with E-state index in [1.54, 1.807) is 0 Å². The molecule has 0 saturated heterocycles. The van der Waals surface area contributed by atoms with Crippen molar-refractivity contribution in [1.82, 2.24) is 5.32 Å². The van der Waals surface area contributed by atoms with Gasteiger partial charge >= 0.3 is 0 Å². The van der Waals surface area contributed by atoms with Crippen LogP contribution in [0.25, 0.3) is 0 Å². The largest absolute Gasteiger partial charge is 0.384 e. The minimum absolute atomic E-state index is 0.592. The van der Waals surface area contributed by atoms with Crippen molar-refractivity contribution in [1.29, 1.82) is 0 Å². The molecule has 0 bridgehead atoms. The van der Waals surface area contributed by atoms with Gasteiger partial charge in [-0.15, -0.1) is 0 Å². The lowest BCUT2D eigenvalue weighted by Crippen LogP contribution is -2.36. The van der Waals surface area contributed by atoms with E-state index in [4.69, 9.17) is 0 Å². The average Bonchev–Trinajstić information content (AvgIpc) is 2.28. The highest BCUT2D eigenvalue weighted by Gasteiger charge is 2.22. The van der Waals surface area contributed by atoms with Crippen LogP contribution < -0.4 is 5.32 Å².